The van der Waals surface area contributed by atoms with E-state index in [2.05, 4.69) is 10.6 Å². The van der Waals surface area contributed by atoms with Gasteiger partial charge in [0, 0.05) is 7.05 Å². The molecule has 0 unspecified atom stereocenters. The monoisotopic (exact) mass is 262 g/mol. The van der Waals surface area contributed by atoms with E-state index in [-0.39, 0.29) is 5.91 Å². The summed E-state index contributed by atoms with van der Waals surface area (Å²) in [6.45, 7) is 5.34. The molecule has 0 spiro atoms. The van der Waals surface area contributed by atoms with Crippen LogP contribution in [0, 0.1) is 0 Å². The fourth-order valence-corrected chi connectivity index (χ4v) is 1.60. The predicted molar refractivity (Wildman–Crippen MR) is 70.2 cm³/mol. The van der Waals surface area contributed by atoms with Crippen LogP contribution in [0.25, 0.3) is 0 Å². The van der Waals surface area contributed by atoms with Crippen molar-refractivity contribution in [3.8, 4) is 0 Å². The lowest BCUT2D eigenvalue weighted by Crippen LogP contribution is -2.47. The minimum Gasteiger partial charge on any atom is -0.444 e. The molecule has 0 aliphatic rings. The summed E-state index contributed by atoms with van der Waals surface area (Å²) in [6.07, 6.45) is 1.97. The number of ether oxygens (including phenoxy) is 1. The van der Waals surface area contributed by atoms with Gasteiger partial charge in [-0.3, -0.25) is 4.79 Å². The maximum atomic E-state index is 11.5. The van der Waals surface area contributed by atoms with Gasteiger partial charge in [-0.25, -0.2) is 4.79 Å². The standard InChI is InChI=1S/C11H22N2O3S/c1-11(2,3)16-10(15)13-8(6-7-17-5)9(14)12-4/h8H,6-7H2,1-5H3,(H,12,14)(H,13,15)/t8-/m1/s1. The molecule has 0 aliphatic carbocycles. The third kappa shape index (κ3) is 7.90. The molecule has 100 valence electrons. The summed E-state index contributed by atoms with van der Waals surface area (Å²) in [4.78, 5) is 23.1. The van der Waals surface area contributed by atoms with E-state index in [0.717, 1.165) is 5.75 Å². The van der Waals surface area contributed by atoms with Gasteiger partial charge in [0.25, 0.3) is 0 Å². The zero-order valence-corrected chi connectivity index (χ0v) is 11.9. The number of carbonyl (C=O) groups is 2. The summed E-state index contributed by atoms with van der Waals surface area (Å²) < 4.78 is 5.11. The van der Waals surface area contributed by atoms with Crippen molar-refractivity contribution in [1.82, 2.24) is 10.6 Å². The van der Waals surface area contributed by atoms with Crippen LogP contribution in [0.5, 0.6) is 0 Å². The largest absolute Gasteiger partial charge is 0.444 e. The third-order valence-corrected chi connectivity index (χ3v) is 2.51. The fraction of sp³-hybridized carbons (Fsp3) is 0.818. The SMILES string of the molecule is CNC(=O)[C@@H](CCSC)NC(=O)OC(C)(C)C. The highest BCUT2D eigenvalue weighted by Crippen LogP contribution is 2.08. The van der Waals surface area contributed by atoms with Crippen molar-refractivity contribution < 1.29 is 14.3 Å². The van der Waals surface area contributed by atoms with E-state index >= 15 is 0 Å². The van der Waals surface area contributed by atoms with Gasteiger partial charge < -0.3 is 15.4 Å². The molecule has 0 saturated carbocycles. The summed E-state index contributed by atoms with van der Waals surface area (Å²) in [5, 5.41) is 5.10. The lowest BCUT2D eigenvalue weighted by molar-refractivity contribution is -0.122. The van der Waals surface area contributed by atoms with Gasteiger partial charge in [0.15, 0.2) is 0 Å². The van der Waals surface area contributed by atoms with Crippen LogP contribution in [0.15, 0.2) is 0 Å². The molecule has 0 aromatic rings. The maximum absolute atomic E-state index is 11.5. The molecular weight excluding hydrogens is 240 g/mol. The van der Waals surface area contributed by atoms with E-state index in [1.54, 1.807) is 39.6 Å². The third-order valence-electron chi connectivity index (χ3n) is 1.86. The molecule has 0 aliphatic heterocycles. The van der Waals surface area contributed by atoms with Crippen LogP contribution in [0.4, 0.5) is 4.79 Å². The highest BCUT2D eigenvalue weighted by Gasteiger charge is 2.23. The van der Waals surface area contributed by atoms with Crippen LogP contribution in [-0.4, -0.2) is 42.7 Å². The number of thioether (sulfide) groups is 1. The Morgan fingerprint density at radius 2 is 1.94 bits per heavy atom. The number of amides is 2. The van der Waals surface area contributed by atoms with Gasteiger partial charge in [-0.05, 0) is 39.2 Å². The minimum atomic E-state index is -0.563. The lowest BCUT2D eigenvalue weighted by Gasteiger charge is -2.22. The Kier molecular flexibility index (Phi) is 7.03. The predicted octanol–water partition coefficient (Wildman–Crippen LogP) is 1.38. The van der Waals surface area contributed by atoms with Gasteiger partial charge in [-0.2, -0.15) is 11.8 Å². The molecule has 0 aromatic carbocycles. The van der Waals surface area contributed by atoms with Crippen LogP contribution in [0.1, 0.15) is 27.2 Å². The summed E-state index contributed by atoms with van der Waals surface area (Å²) in [5.74, 6) is 0.596. The first-order valence-electron chi connectivity index (χ1n) is 5.50. The van der Waals surface area contributed by atoms with Gasteiger partial charge in [0.05, 0.1) is 0 Å². The van der Waals surface area contributed by atoms with E-state index < -0.39 is 17.7 Å². The van der Waals surface area contributed by atoms with Crippen molar-refractivity contribution in [2.45, 2.75) is 38.8 Å². The summed E-state index contributed by atoms with van der Waals surface area (Å²) >= 11 is 1.63. The quantitative estimate of drug-likeness (QED) is 0.785. The van der Waals surface area contributed by atoms with E-state index in [0.29, 0.717) is 6.42 Å². The number of carbonyl (C=O) groups excluding carboxylic acids is 2. The van der Waals surface area contributed by atoms with E-state index in [1.165, 1.54) is 0 Å². The number of hydrogen-bond donors (Lipinski definition) is 2. The molecule has 0 heterocycles. The molecule has 0 bridgehead atoms. The van der Waals surface area contributed by atoms with Crippen LogP contribution in [0.2, 0.25) is 0 Å². The number of alkyl carbamates (subject to hydrolysis) is 1. The average molecular weight is 262 g/mol. The molecule has 0 rings (SSSR count). The maximum Gasteiger partial charge on any atom is 0.408 e. The second-order valence-corrected chi connectivity index (χ2v) is 5.58. The molecule has 0 aromatic heterocycles. The lowest BCUT2D eigenvalue weighted by atomic mass is 10.2. The highest BCUT2D eigenvalue weighted by atomic mass is 32.2. The van der Waals surface area contributed by atoms with Crippen molar-refractivity contribution in [2.24, 2.45) is 0 Å². The molecule has 2 amide bonds. The van der Waals surface area contributed by atoms with Crippen molar-refractivity contribution in [3.05, 3.63) is 0 Å². The smallest absolute Gasteiger partial charge is 0.408 e. The van der Waals surface area contributed by atoms with Crippen LogP contribution in [0.3, 0.4) is 0 Å². The summed E-state index contributed by atoms with van der Waals surface area (Å²) in [6, 6.07) is -0.540. The molecule has 5 nitrogen and oxygen atoms in total. The number of nitrogens with one attached hydrogen (secondary N) is 2. The van der Waals surface area contributed by atoms with Crippen LogP contribution >= 0.6 is 11.8 Å². The molecule has 0 fully saturated rings. The molecule has 0 radical (unpaired) electrons. The Morgan fingerprint density at radius 1 is 1.35 bits per heavy atom. The van der Waals surface area contributed by atoms with Gasteiger partial charge >= 0.3 is 6.09 Å². The van der Waals surface area contributed by atoms with Crippen LogP contribution in [-0.2, 0) is 9.53 Å². The molecule has 6 heteroatoms. The molecule has 0 saturated heterocycles. The van der Waals surface area contributed by atoms with Crippen LogP contribution < -0.4 is 10.6 Å². The molecule has 2 N–H and O–H groups in total. The Hall–Kier alpha value is -0.910. The van der Waals surface area contributed by atoms with Crippen molar-refractivity contribution in [1.29, 1.82) is 0 Å². The first-order chi connectivity index (χ1) is 7.80. The Balaban J connectivity index is 4.32. The number of hydrogen-bond acceptors (Lipinski definition) is 4. The van der Waals surface area contributed by atoms with E-state index in [4.69, 9.17) is 4.74 Å². The Morgan fingerprint density at radius 3 is 2.35 bits per heavy atom. The Bertz CT molecular complexity index is 264. The van der Waals surface area contributed by atoms with Gasteiger partial charge in [0.2, 0.25) is 5.91 Å². The number of rotatable bonds is 5. The zero-order chi connectivity index (χ0) is 13.5. The number of likely N-dealkylation sites (N-methyl/N-ethyl adjacent to an activating group) is 1. The minimum absolute atomic E-state index is 0.204. The highest BCUT2D eigenvalue weighted by molar-refractivity contribution is 7.98. The van der Waals surface area contributed by atoms with Crippen molar-refractivity contribution in [3.63, 3.8) is 0 Å². The topological polar surface area (TPSA) is 67.4 Å². The molecule has 1 atom stereocenters. The normalized spacial score (nSPS) is 12.8. The summed E-state index contributed by atoms with van der Waals surface area (Å²) in [7, 11) is 1.55. The molecule has 17 heavy (non-hydrogen) atoms. The Labute approximate surface area is 107 Å². The van der Waals surface area contributed by atoms with Crippen molar-refractivity contribution >= 4 is 23.8 Å². The molecular formula is C11H22N2O3S. The zero-order valence-electron chi connectivity index (χ0n) is 11.1. The first kappa shape index (κ1) is 16.1. The van der Waals surface area contributed by atoms with Gasteiger partial charge in [-0.15, -0.1) is 0 Å². The van der Waals surface area contributed by atoms with Gasteiger partial charge in [0.1, 0.15) is 11.6 Å². The van der Waals surface area contributed by atoms with E-state index in [1.807, 2.05) is 6.26 Å². The first-order valence-corrected chi connectivity index (χ1v) is 6.89. The average Bonchev–Trinajstić information content (AvgIpc) is 2.20. The van der Waals surface area contributed by atoms with Crippen molar-refractivity contribution in [2.75, 3.05) is 19.1 Å². The second-order valence-electron chi connectivity index (χ2n) is 4.59. The van der Waals surface area contributed by atoms with E-state index in [9.17, 15) is 9.59 Å². The fourth-order valence-electron chi connectivity index (χ4n) is 1.13. The van der Waals surface area contributed by atoms with Gasteiger partial charge in [-0.1, -0.05) is 0 Å². The summed E-state index contributed by atoms with van der Waals surface area (Å²) in [5.41, 5.74) is -0.559. The second kappa shape index (κ2) is 7.42.